The van der Waals surface area contributed by atoms with E-state index in [1.807, 2.05) is 5.38 Å². The number of carbonyl (C=O) groups excluding carboxylic acids is 1. The molecule has 2 N–H and O–H groups in total. The molecule has 1 saturated carbocycles. The quantitative estimate of drug-likeness (QED) is 0.854. The largest absolute Gasteiger partial charge is 0.388 e. The molecule has 100 valence electrons. The molecule has 18 heavy (non-hydrogen) atoms. The fourth-order valence-corrected chi connectivity index (χ4v) is 3.04. The molecule has 2 rings (SSSR count). The first-order valence-electron chi connectivity index (χ1n) is 6.54. The van der Waals surface area contributed by atoms with Crippen molar-refractivity contribution in [1.29, 1.82) is 0 Å². The van der Waals surface area contributed by atoms with Crippen molar-refractivity contribution in [1.82, 2.24) is 10.3 Å². The van der Waals surface area contributed by atoms with Gasteiger partial charge in [0, 0.05) is 11.9 Å². The summed E-state index contributed by atoms with van der Waals surface area (Å²) in [4.78, 5) is 16.1. The highest BCUT2D eigenvalue weighted by atomic mass is 32.1. The number of aryl methyl sites for hydroxylation is 1. The second-order valence-electron chi connectivity index (χ2n) is 4.97. The Morgan fingerprint density at radius 3 is 2.89 bits per heavy atom. The smallest absolute Gasteiger partial charge is 0.226 e. The first-order chi connectivity index (χ1) is 8.61. The van der Waals surface area contributed by atoms with Gasteiger partial charge >= 0.3 is 0 Å². The monoisotopic (exact) mass is 268 g/mol. The highest BCUT2D eigenvalue weighted by Crippen LogP contribution is 2.28. The molecule has 4 nitrogen and oxygen atoms in total. The third kappa shape index (κ3) is 3.53. The summed E-state index contributed by atoms with van der Waals surface area (Å²) >= 11 is 1.59. The van der Waals surface area contributed by atoms with Crippen LogP contribution in [0.4, 0.5) is 0 Å². The van der Waals surface area contributed by atoms with Crippen molar-refractivity contribution in [2.75, 3.05) is 6.54 Å². The molecule has 0 bridgehead atoms. The minimum Gasteiger partial charge on any atom is -0.388 e. The minimum atomic E-state index is -0.674. The van der Waals surface area contributed by atoms with Crippen LogP contribution in [0.25, 0.3) is 0 Å². The van der Waals surface area contributed by atoms with E-state index in [1.54, 1.807) is 11.3 Å². The predicted molar refractivity (Wildman–Crippen MR) is 71.6 cm³/mol. The molecule has 1 fully saturated rings. The van der Waals surface area contributed by atoms with Crippen molar-refractivity contribution < 1.29 is 9.90 Å². The number of hydrogen-bond acceptors (Lipinski definition) is 4. The van der Waals surface area contributed by atoms with Gasteiger partial charge < -0.3 is 10.4 Å². The lowest BCUT2D eigenvalue weighted by Crippen LogP contribution is -2.41. The second kappa shape index (κ2) is 5.80. The van der Waals surface area contributed by atoms with E-state index < -0.39 is 5.60 Å². The van der Waals surface area contributed by atoms with Crippen molar-refractivity contribution in [3.05, 3.63) is 16.1 Å². The molecule has 0 unspecified atom stereocenters. The van der Waals surface area contributed by atoms with Gasteiger partial charge in [0.05, 0.1) is 22.7 Å². The van der Waals surface area contributed by atoms with Crippen LogP contribution in [0.15, 0.2) is 5.38 Å². The Kier molecular flexibility index (Phi) is 4.35. The molecule has 1 heterocycles. The Morgan fingerprint density at radius 2 is 2.28 bits per heavy atom. The van der Waals surface area contributed by atoms with Gasteiger partial charge in [0.2, 0.25) is 5.91 Å². The summed E-state index contributed by atoms with van der Waals surface area (Å²) < 4.78 is 0. The number of nitrogens with zero attached hydrogens (tertiary/aromatic N) is 1. The lowest BCUT2D eigenvalue weighted by molar-refractivity contribution is -0.121. The molecule has 0 aromatic carbocycles. The van der Waals surface area contributed by atoms with Gasteiger partial charge in [-0.05, 0) is 19.3 Å². The number of nitrogens with one attached hydrogen (secondary N) is 1. The van der Waals surface area contributed by atoms with Gasteiger partial charge in [-0.3, -0.25) is 4.79 Å². The SMILES string of the molecule is CCc1nc(CC(=O)NCC2(O)CCCC2)cs1. The van der Waals surface area contributed by atoms with Crippen LogP contribution in [0.2, 0.25) is 0 Å². The van der Waals surface area contributed by atoms with Gasteiger partial charge in [-0.25, -0.2) is 4.98 Å². The fraction of sp³-hybridized carbons (Fsp3) is 0.692. The molecule has 1 aromatic heterocycles. The molecule has 0 atom stereocenters. The lowest BCUT2D eigenvalue weighted by atomic mass is 10.0. The summed E-state index contributed by atoms with van der Waals surface area (Å²) in [5.41, 5.74) is 0.152. The maximum Gasteiger partial charge on any atom is 0.226 e. The molecule has 1 aromatic rings. The van der Waals surface area contributed by atoms with Crippen LogP contribution in [-0.2, 0) is 17.6 Å². The Labute approximate surface area is 111 Å². The number of aliphatic hydroxyl groups is 1. The van der Waals surface area contributed by atoms with Crippen molar-refractivity contribution in [3.8, 4) is 0 Å². The van der Waals surface area contributed by atoms with E-state index in [-0.39, 0.29) is 5.91 Å². The molecular formula is C13H20N2O2S. The summed E-state index contributed by atoms with van der Waals surface area (Å²) in [5.74, 6) is -0.0525. The summed E-state index contributed by atoms with van der Waals surface area (Å²) in [6.45, 7) is 2.43. The van der Waals surface area contributed by atoms with Gasteiger partial charge in [0.1, 0.15) is 0 Å². The molecule has 5 heteroatoms. The average Bonchev–Trinajstić information content (AvgIpc) is 2.96. The van der Waals surface area contributed by atoms with Crippen molar-refractivity contribution >= 4 is 17.2 Å². The maximum absolute atomic E-state index is 11.8. The van der Waals surface area contributed by atoms with Crippen molar-refractivity contribution in [2.24, 2.45) is 0 Å². The Balaban J connectivity index is 1.78. The minimum absolute atomic E-state index is 0.0525. The van der Waals surface area contributed by atoms with Gasteiger partial charge in [0.15, 0.2) is 0 Å². The van der Waals surface area contributed by atoms with Gasteiger partial charge in [-0.2, -0.15) is 0 Å². The number of thiazole rings is 1. The van der Waals surface area contributed by atoms with Gasteiger partial charge in [-0.15, -0.1) is 11.3 Å². The second-order valence-corrected chi connectivity index (χ2v) is 5.91. The number of amides is 1. The standard InChI is InChI=1S/C13H20N2O2S/c1-2-12-15-10(8-18-12)7-11(16)14-9-13(17)5-3-4-6-13/h8,17H,2-7,9H2,1H3,(H,14,16). The number of carbonyl (C=O) groups is 1. The average molecular weight is 268 g/mol. The summed E-state index contributed by atoms with van der Waals surface area (Å²) in [6.07, 6.45) is 4.92. The molecule has 0 spiro atoms. The molecule has 1 amide bonds. The molecular weight excluding hydrogens is 248 g/mol. The zero-order valence-corrected chi connectivity index (χ0v) is 11.6. The van der Waals surface area contributed by atoms with E-state index in [9.17, 15) is 9.90 Å². The van der Waals surface area contributed by atoms with E-state index in [0.29, 0.717) is 13.0 Å². The number of hydrogen-bond donors (Lipinski definition) is 2. The Morgan fingerprint density at radius 1 is 1.56 bits per heavy atom. The van der Waals surface area contributed by atoms with E-state index in [4.69, 9.17) is 0 Å². The molecule has 1 aliphatic rings. The predicted octanol–water partition coefficient (Wildman–Crippen LogP) is 1.67. The van der Waals surface area contributed by atoms with E-state index in [0.717, 1.165) is 42.8 Å². The molecule has 0 aliphatic heterocycles. The normalized spacial score (nSPS) is 17.9. The molecule has 0 radical (unpaired) electrons. The van der Waals surface area contributed by atoms with Crippen molar-refractivity contribution in [2.45, 2.75) is 51.0 Å². The summed E-state index contributed by atoms with van der Waals surface area (Å²) in [7, 11) is 0. The van der Waals surface area contributed by atoms with E-state index >= 15 is 0 Å². The molecule has 0 saturated heterocycles. The zero-order valence-electron chi connectivity index (χ0n) is 10.7. The zero-order chi connectivity index (χ0) is 13.0. The van der Waals surface area contributed by atoms with Gasteiger partial charge in [-0.1, -0.05) is 19.8 Å². The summed E-state index contributed by atoms with van der Waals surface area (Å²) in [5, 5.41) is 15.9. The molecule has 1 aliphatic carbocycles. The van der Waals surface area contributed by atoms with Crippen LogP contribution < -0.4 is 5.32 Å². The fourth-order valence-electron chi connectivity index (χ4n) is 2.29. The topological polar surface area (TPSA) is 62.2 Å². The maximum atomic E-state index is 11.8. The first kappa shape index (κ1) is 13.5. The van der Waals surface area contributed by atoms with E-state index in [1.165, 1.54) is 0 Å². The third-order valence-corrected chi connectivity index (χ3v) is 4.43. The van der Waals surface area contributed by atoms with Crippen LogP contribution in [0, 0.1) is 0 Å². The van der Waals surface area contributed by atoms with Crippen LogP contribution >= 0.6 is 11.3 Å². The van der Waals surface area contributed by atoms with E-state index in [2.05, 4.69) is 17.2 Å². The van der Waals surface area contributed by atoms with Crippen LogP contribution in [0.1, 0.15) is 43.3 Å². The number of aromatic nitrogens is 1. The van der Waals surface area contributed by atoms with Crippen molar-refractivity contribution in [3.63, 3.8) is 0 Å². The summed E-state index contributed by atoms with van der Waals surface area (Å²) in [6, 6.07) is 0. The van der Waals surface area contributed by atoms with Crippen LogP contribution in [0.3, 0.4) is 0 Å². The Hall–Kier alpha value is -0.940. The Bertz CT molecular complexity index is 411. The highest BCUT2D eigenvalue weighted by Gasteiger charge is 2.31. The first-order valence-corrected chi connectivity index (χ1v) is 7.42. The highest BCUT2D eigenvalue weighted by molar-refractivity contribution is 7.09. The van der Waals surface area contributed by atoms with Gasteiger partial charge in [0.25, 0.3) is 0 Å². The third-order valence-electron chi connectivity index (χ3n) is 3.39. The van der Waals surface area contributed by atoms with Crippen LogP contribution in [0.5, 0.6) is 0 Å². The number of rotatable bonds is 5. The van der Waals surface area contributed by atoms with Crippen LogP contribution in [-0.4, -0.2) is 28.1 Å². The lowest BCUT2D eigenvalue weighted by Gasteiger charge is -2.22.